The third kappa shape index (κ3) is 7.96. The second-order valence-electron chi connectivity index (χ2n) is 7.04. The first-order valence-electron chi connectivity index (χ1n) is 10.3. The molecule has 8 heteroatoms. The Morgan fingerprint density at radius 2 is 1.93 bits per heavy atom. The molecule has 2 N–H and O–H groups in total. The van der Waals surface area contributed by atoms with E-state index in [-0.39, 0.29) is 24.0 Å². The third-order valence-electron chi connectivity index (χ3n) is 4.90. The second-order valence-corrected chi connectivity index (χ2v) is 7.96. The lowest BCUT2D eigenvalue weighted by molar-refractivity contribution is 0.146. The van der Waals surface area contributed by atoms with Crippen LogP contribution in [0.5, 0.6) is 5.75 Å². The van der Waals surface area contributed by atoms with Crippen molar-refractivity contribution in [2.45, 2.75) is 32.4 Å². The molecule has 1 aliphatic rings. The van der Waals surface area contributed by atoms with Gasteiger partial charge in [-0.3, -0.25) is 0 Å². The first kappa shape index (κ1) is 24.7. The van der Waals surface area contributed by atoms with E-state index in [9.17, 15) is 0 Å². The Hall–Kier alpha value is -1.52. The Kier molecular flexibility index (Phi) is 11.3. The summed E-state index contributed by atoms with van der Waals surface area (Å²) in [4.78, 5) is 7.25. The Bertz CT molecular complexity index is 732. The smallest absolute Gasteiger partial charge is 0.191 e. The number of anilines is 1. The molecule has 2 aromatic rings. The van der Waals surface area contributed by atoms with Crippen molar-refractivity contribution in [1.29, 1.82) is 0 Å². The van der Waals surface area contributed by atoms with Crippen molar-refractivity contribution in [2.24, 2.45) is 4.99 Å². The number of methoxy groups -OCH3 is 1. The monoisotopic (exact) mass is 544 g/mol. The minimum atomic E-state index is 0. The SMILES string of the molecule is CCNC(=NCc1ccc(OCCOC)cc1)NC1CCN(c2cccs2)CC1.I. The number of piperidine rings is 1. The summed E-state index contributed by atoms with van der Waals surface area (Å²) in [5.74, 6) is 1.75. The lowest BCUT2D eigenvalue weighted by Gasteiger charge is -2.33. The van der Waals surface area contributed by atoms with Gasteiger partial charge in [0.15, 0.2) is 5.96 Å². The molecule has 6 nitrogen and oxygen atoms in total. The number of hydrogen-bond donors (Lipinski definition) is 2. The predicted molar refractivity (Wildman–Crippen MR) is 137 cm³/mol. The topological polar surface area (TPSA) is 58.1 Å². The second kappa shape index (κ2) is 13.7. The largest absolute Gasteiger partial charge is 0.491 e. The first-order valence-corrected chi connectivity index (χ1v) is 11.2. The highest BCUT2D eigenvalue weighted by molar-refractivity contribution is 14.0. The van der Waals surface area contributed by atoms with Crippen LogP contribution in [0.15, 0.2) is 46.8 Å². The zero-order valence-electron chi connectivity index (χ0n) is 17.8. The van der Waals surface area contributed by atoms with E-state index in [0.29, 0.717) is 25.8 Å². The fraction of sp³-hybridized carbons (Fsp3) is 0.500. The van der Waals surface area contributed by atoms with E-state index < -0.39 is 0 Å². The van der Waals surface area contributed by atoms with E-state index >= 15 is 0 Å². The number of rotatable bonds is 9. The zero-order valence-corrected chi connectivity index (χ0v) is 20.9. The molecule has 1 fully saturated rings. The summed E-state index contributed by atoms with van der Waals surface area (Å²) in [5, 5.41) is 10.5. The maximum Gasteiger partial charge on any atom is 0.191 e. The molecule has 0 spiro atoms. The van der Waals surface area contributed by atoms with Crippen LogP contribution in [0.4, 0.5) is 5.00 Å². The van der Waals surface area contributed by atoms with E-state index in [0.717, 1.165) is 49.7 Å². The standard InChI is InChI=1S/C22H32N4O2S.HI/c1-3-23-22(24-17-18-6-8-20(9-7-18)28-15-14-27-2)25-19-10-12-26(13-11-19)21-5-4-16-29-21;/h4-9,16,19H,3,10-15,17H2,1-2H3,(H2,23,24,25);1H. The molecule has 30 heavy (non-hydrogen) atoms. The summed E-state index contributed by atoms with van der Waals surface area (Å²) in [6.45, 7) is 6.92. The van der Waals surface area contributed by atoms with E-state index in [1.807, 2.05) is 23.5 Å². The van der Waals surface area contributed by atoms with Crippen molar-refractivity contribution in [3.8, 4) is 5.75 Å². The van der Waals surface area contributed by atoms with Crippen LogP contribution in [-0.2, 0) is 11.3 Å². The molecule has 0 bridgehead atoms. The summed E-state index contributed by atoms with van der Waals surface area (Å²) in [7, 11) is 1.67. The number of ether oxygens (including phenoxy) is 2. The van der Waals surface area contributed by atoms with Crippen molar-refractivity contribution in [2.75, 3.05) is 44.9 Å². The Morgan fingerprint density at radius 3 is 2.57 bits per heavy atom. The van der Waals surface area contributed by atoms with Gasteiger partial charge in [0, 0.05) is 32.8 Å². The molecule has 0 atom stereocenters. The number of nitrogens with zero attached hydrogens (tertiary/aromatic N) is 2. The van der Waals surface area contributed by atoms with Gasteiger partial charge in [0.2, 0.25) is 0 Å². The van der Waals surface area contributed by atoms with Gasteiger partial charge in [-0.25, -0.2) is 4.99 Å². The van der Waals surface area contributed by atoms with Crippen molar-refractivity contribution in [3.05, 3.63) is 47.3 Å². The van der Waals surface area contributed by atoms with E-state index in [1.54, 1.807) is 7.11 Å². The van der Waals surface area contributed by atoms with Gasteiger partial charge in [-0.2, -0.15) is 0 Å². The lowest BCUT2D eigenvalue weighted by Crippen LogP contribution is -2.48. The van der Waals surface area contributed by atoms with Crippen molar-refractivity contribution < 1.29 is 9.47 Å². The summed E-state index contributed by atoms with van der Waals surface area (Å²) < 4.78 is 10.6. The molecular formula is C22H33IN4O2S. The van der Waals surface area contributed by atoms with Crippen LogP contribution >= 0.6 is 35.3 Å². The molecule has 1 aromatic carbocycles. The summed E-state index contributed by atoms with van der Waals surface area (Å²) >= 11 is 1.82. The zero-order chi connectivity index (χ0) is 20.3. The van der Waals surface area contributed by atoms with Gasteiger partial charge in [0.1, 0.15) is 12.4 Å². The fourth-order valence-electron chi connectivity index (χ4n) is 3.31. The van der Waals surface area contributed by atoms with Gasteiger partial charge >= 0.3 is 0 Å². The van der Waals surface area contributed by atoms with E-state index in [1.165, 1.54) is 5.00 Å². The van der Waals surface area contributed by atoms with Crippen molar-refractivity contribution >= 4 is 46.3 Å². The van der Waals surface area contributed by atoms with Crippen LogP contribution < -0.4 is 20.3 Å². The maximum absolute atomic E-state index is 5.61. The minimum Gasteiger partial charge on any atom is -0.491 e. The lowest BCUT2D eigenvalue weighted by atomic mass is 10.1. The molecule has 0 unspecified atom stereocenters. The number of aliphatic imine (C=N–C) groups is 1. The van der Waals surface area contributed by atoms with Crippen LogP contribution in [0.1, 0.15) is 25.3 Å². The van der Waals surface area contributed by atoms with Gasteiger partial charge in [-0.1, -0.05) is 12.1 Å². The maximum atomic E-state index is 5.61. The number of halogens is 1. The molecule has 2 heterocycles. The van der Waals surface area contributed by atoms with Crippen LogP contribution in [0.3, 0.4) is 0 Å². The molecule has 3 rings (SSSR count). The molecule has 1 aromatic heterocycles. The first-order chi connectivity index (χ1) is 14.3. The van der Waals surface area contributed by atoms with Crippen molar-refractivity contribution in [3.63, 3.8) is 0 Å². The van der Waals surface area contributed by atoms with Crippen LogP contribution in [0.2, 0.25) is 0 Å². The Labute approximate surface area is 201 Å². The predicted octanol–water partition coefficient (Wildman–Crippen LogP) is 4.12. The molecule has 166 valence electrons. The highest BCUT2D eigenvalue weighted by atomic mass is 127. The molecule has 0 aliphatic carbocycles. The average molecular weight is 545 g/mol. The molecule has 0 saturated carbocycles. The van der Waals surface area contributed by atoms with Gasteiger partial charge in [0.25, 0.3) is 0 Å². The summed E-state index contributed by atoms with van der Waals surface area (Å²) in [6, 6.07) is 12.9. The third-order valence-corrected chi connectivity index (χ3v) is 5.83. The van der Waals surface area contributed by atoms with E-state index in [2.05, 4.69) is 52.1 Å². The molecule has 1 aliphatic heterocycles. The fourth-order valence-corrected chi connectivity index (χ4v) is 4.10. The molecule has 0 amide bonds. The van der Waals surface area contributed by atoms with Crippen LogP contribution in [0.25, 0.3) is 0 Å². The average Bonchev–Trinajstić information content (AvgIpc) is 3.29. The number of guanidine groups is 1. The number of benzene rings is 1. The minimum absolute atomic E-state index is 0. The Balaban J connectivity index is 0.00000320. The van der Waals surface area contributed by atoms with Gasteiger partial charge in [-0.05, 0) is 55.0 Å². The number of nitrogens with one attached hydrogen (secondary N) is 2. The molecular weight excluding hydrogens is 511 g/mol. The Morgan fingerprint density at radius 1 is 1.17 bits per heavy atom. The quantitative estimate of drug-likeness (QED) is 0.215. The molecule has 0 radical (unpaired) electrons. The normalized spacial score (nSPS) is 14.9. The highest BCUT2D eigenvalue weighted by Gasteiger charge is 2.20. The van der Waals surface area contributed by atoms with Gasteiger partial charge in [-0.15, -0.1) is 35.3 Å². The van der Waals surface area contributed by atoms with Gasteiger partial charge < -0.3 is 25.0 Å². The summed E-state index contributed by atoms with van der Waals surface area (Å²) in [5.41, 5.74) is 1.16. The summed E-state index contributed by atoms with van der Waals surface area (Å²) in [6.07, 6.45) is 2.24. The number of thiophene rings is 1. The van der Waals surface area contributed by atoms with Crippen molar-refractivity contribution in [1.82, 2.24) is 10.6 Å². The highest BCUT2D eigenvalue weighted by Crippen LogP contribution is 2.24. The van der Waals surface area contributed by atoms with Gasteiger partial charge in [0.05, 0.1) is 18.2 Å². The van der Waals surface area contributed by atoms with Crippen LogP contribution in [0, 0.1) is 0 Å². The van der Waals surface area contributed by atoms with E-state index in [4.69, 9.17) is 14.5 Å². The molecule has 1 saturated heterocycles. The number of hydrogen-bond acceptors (Lipinski definition) is 5. The van der Waals surface area contributed by atoms with Crippen LogP contribution in [-0.4, -0.2) is 52.0 Å².